The summed E-state index contributed by atoms with van der Waals surface area (Å²) in [6.45, 7) is 0. The Kier molecular flexibility index (Phi) is 8.64. The SMILES string of the molecule is C1=CC(N(c2ccccc2)c2ccccc2)CC=C1C(=Nc1ccccc1)c1ccc(N(c2ccccc2)c2ccccc2)cc1. The second-order valence-electron chi connectivity index (χ2n) is 11.2. The lowest BCUT2D eigenvalue weighted by atomic mass is 9.93. The van der Waals surface area contributed by atoms with Crippen molar-refractivity contribution in [1.29, 1.82) is 0 Å². The van der Waals surface area contributed by atoms with Gasteiger partial charge in [-0.25, -0.2) is 4.99 Å². The second kappa shape index (κ2) is 13.8. The van der Waals surface area contributed by atoms with Crippen LogP contribution >= 0.6 is 0 Å². The maximum atomic E-state index is 5.20. The largest absolute Gasteiger partial charge is 0.334 e. The number of hydrogen-bond donors (Lipinski definition) is 0. The van der Waals surface area contributed by atoms with Gasteiger partial charge < -0.3 is 9.80 Å². The van der Waals surface area contributed by atoms with Crippen LogP contribution in [0.15, 0.2) is 205 Å². The number of hydrogen-bond acceptors (Lipinski definition) is 3. The fourth-order valence-electron chi connectivity index (χ4n) is 5.98. The molecule has 0 aromatic heterocycles. The Bertz CT molecular complexity index is 1850. The van der Waals surface area contributed by atoms with Gasteiger partial charge in [0.15, 0.2) is 0 Å². The van der Waals surface area contributed by atoms with E-state index in [0.717, 1.165) is 46.0 Å². The molecule has 0 spiro atoms. The van der Waals surface area contributed by atoms with Crippen molar-refractivity contribution in [1.82, 2.24) is 0 Å². The number of para-hydroxylation sites is 5. The summed E-state index contributed by atoms with van der Waals surface area (Å²) in [5.41, 5.74) is 9.77. The van der Waals surface area contributed by atoms with Crippen molar-refractivity contribution in [3.05, 3.63) is 205 Å². The van der Waals surface area contributed by atoms with Crippen LogP contribution in [0.1, 0.15) is 12.0 Å². The predicted molar refractivity (Wildman–Crippen MR) is 194 cm³/mol. The molecule has 1 aliphatic carbocycles. The first-order valence-corrected chi connectivity index (χ1v) is 15.8. The topological polar surface area (TPSA) is 18.8 Å². The van der Waals surface area contributed by atoms with Gasteiger partial charge >= 0.3 is 0 Å². The number of anilines is 5. The van der Waals surface area contributed by atoms with Crippen molar-refractivity contribution in [2.24, 2.45) is 4.99 Å². The smallest absolute Gasteiger partial charge is 0.0778 e. The summed E-state index contributed by atoms with van der Waals surface area (Å²) in [6.07, 6.45) is 7.75. The highest BCUT2D eigenvalue weighted by molar-refractivity contribution is 6.15. The summed E-state index contributed by atoms with van der Waals surface area (Å²) < 4.78 is 0. The van der Waals surface area contributed by atoms with Crippen LogP contribution < -0.4 is 9.80 Å². The first-order chi connectivity index (χ1) is 22.8. The molecule has 6 aromatic rings. The van der Waals surface area contributed by atoms with Gasteiger partial charge in [0.05, 0.1) is 17.4 Å². The molecule has 0 saturated carbocycles. The average molecular weight is 594 g/mol. The second-order valence-corrected chi connectivity index (χ2v) is 11.2. The predicted octanol–water partition coefficient (Wildman–Crippen LogP) is 11.4. The van der Waals surface area contributed by atoms with Gasteiger partial charge in [0.1, 0.15) is 0 Å². The van der Waals surface area contributed by atoms with Crippen LogP contribution in [0.3, 0.4) is 0 Å². The highest BCUT2D eigenvalue weighted by Crippen LogP contribution is 2.36. The summed E-state index contributed by atoms with van der Waals surface area (Å²) in [5.74, 6) is 0. The lowest BCUT2D eigenvalue weighted by Gasteiger charge is -2.33. The minimum absolute atomic E-state index is 0.180. The van der Waals surface area contributed by atoms with E-state index in [2.05, 4.69) is 186 Å². The molecule has 1 aliphatic rings. The molecule has 0 N–H and O–H groups in total. The molecule has 1 unspecified atom stereocenters. The molecule has 46 heavy (non-hydrogen) atoms. The fraction of sp³-hybridized carbons (Fsp3) is 0.0465. The summed E-state index contributed by atoms with van der Waals surface area (Å²) >= 11 is 0. The van der Waals surface area contributed by atoms with Crippen molar-refractivity contribution in [3.8, 4) is 0 Å². The van der Waals surface area contributed by atoms with Crippen LogP contribution in [0.4, 0.5) is 34.1 Å². The van der Waals surface area contributed by atoms with Gasteiger partial charge in [0, 0.05) is 34.0 Å². The molecule has 7 rings (SSSR count). The molecule has 3 nitrogen and oxygen atoms in total. The standard InChI is InChI=1S/C43H35N3/c1-6-16-36(17-7-1)44-43(34-26-30-41(31-27-34)45(37-18-8-2-9-19-37)38-20-10-3-11-21-38)35-28-32-42(33-29-35)46(39-22-12-4-13-23-39)40-24-14-5-15-25-40/h1-32,42H,33H2. The molecule has 0 bridgehead atoms. The Morgan fingerprint density at radius 2 is 0.913 bits per heavy atom. The third-order valence-corrected chi connectivity index (χ3v) is 8.18. The van der Waals surface area contributed by atoms with Gasteiger partial charge in [-0.1, -0.05) is 121 Å². The molecule has 0 saturated heterocycles. The lowest BCUT2D eigenvalue weighted by Crippen LogP contribution is -2.30. The Hall–Kier alpha value is -5.93. The van der Waals surface area contributed by atoms with E-state index >= 15 is 0 Å². The molecular formula is C43H35N3. The number of nitrogens with zero attached hydrogens (tertiary/aromatic N) is 3. The number of allylic oxidation sites excluding steroid dienone is 2. The molecule has 0 heterocycles. The van der Waals surface area contributed by atoms with Crippen molar-refractivity contribution in [3.63, 3.8) is 0 Å². The Morgan fingerprint density at radius 3 is 1.37 bits per heavy atom. The van der Waals surface area contributed by atoms with E-state index < -0.39 is 0 Å². The van der Waals surface area contributed by atoms with E-state index in [1.54, 1.807) is 0 Å². The quantitative estimate of drug-likeness (QED) is 0.155. The van der Waals surface area contributed by atoms with E-state index in [-0.39, 0.29) is 6.04 Å². The zero-order valence-electron chi connectivity index (χ0n) is 25.6. The number of benzene rings is 6. The van der Waals surface area contributed by atoms with Gasteiger partial charge in [-0.15, -0.1) is 0 Å². The summed E-state index contributed by atoms with van der Waals surface area (Å²) in [5, 5.41) is 0. The molecule has 222 valence electrons. The maximum absolute atomic E-state index is 5.20. The van der Waals surface area contributed by atoms with Crippen LogP contribution in [-0.4, -0.2) is 11.8 Å². The van der Waals surface area contributed by atoms with Gasteiger partial charge in [0.25, 0.3) is 0 Å². The normalized spacial score (nSPS) is 14.4. The van der Waals surface area contributed by atoms with Crippen molar-refractivity contribution < 1.29 is 0 Å². The fourth-order valence-corrected chi connectivity index (χ4v) is 5.98. The van der Waals surface area contributed by atoms with Crippen LogP contribution in [0, 0.1) is 0 Å². The highest BCUT2D eigenvalue weighted by Gasteiger charge is 2.22. The van der Waals surface area contributed by atoms with Crippen LogP contribution in [0.2, 0.25) is 0 Å². The highest BCUT2D eigenvalue weighted by atomic mass is 15.2. The number of aliphatic imine (C=N–C) groups is 1. The summed E-state index contributed by atoms with van der Waals surface area (Å²) in [6, 6.07) is 61.4. The van der Waals surface area contributed by atoms with Crippen molar-refractivity contribution >= 4 is 39.8 Å². The minimum atomic E-state index is 0.180. The molecule has 0 aliphatic heterocycles. The zero-order chi connectivity index (χ0) is 31.0. The molecule has 0 amide bonds. The third kappa shape index (κ3) is 6.45. The summed E-state index contributed by atoms with van der Waals surface area (Å²) in [4.78, 5) is 9.89. The van der Waals surface area contributed by atoms with Crippen LogP contribution in [-0.2, 0) is 0 Å². The van der Waals surface area contributed by atoms with E-state index in [1.807, 2.05) is 18.2 Å². The van der Waals surface area contributed by atoms with Gasteiger partial charge in [-0.05, 0) is 84.8 Å². The molecule has 0 fully saturated rings. The van der Waals surface area contributed by atoms with Gasteiger partial charge in [0.2, 0.25) is 0 Å². The maximum Gasteiger partial charge on any atom is 0.0778 e. The first-order valence-electron chi connectivity index (χ1n) is 15.8. The Morgan fingerprint density at radius 1 is 0.478 bits per heavy atom. The van der Waals surface area contributed by atoms with E-state index in [9.17, 15) is 0 Å². The number of rotatable bonds is 9. The van der Waals surface area contributed by atoms with E-state index in [0.29, 0.717) is 0 Å². The van der Waals surface area contributed by atoms with Crippen molar-refractivity contribution in [2.45, 2.75) is 12.5 Å². The lowest BCUT2D eigenvalue weighted by molar-refractivity contribution is 0.782. The minimum Gasteiger partial charge on any atom is -0.334 e. The monoisotopic (exact) mass is 593 g/mol. The molecular weight excluding hydrogens is 558 g/mol. The molecule has 6 aromatic carbocycles. The molecule has 0 radical (unpaired) electrons. The van der Waals surface area contributed by atoms with Gasteiger partial charge in [-0.3, -0.25) is 0 Å². The van der Waals surface area contributed by atoms with Crippen molar-refractivity contribution in [2.75, 3.05) is 9.80 Å². The molecule has 3 heteroatoms. The van der Waals surface area contributed by atoms with Gasteiger partial charge in [-0.2, -0.15) is 0 Å². The van der Waals surface area contributed by atoms with Crippen LogP contribution in [0.25, 0.3) is 0 Å². The molecule has 1 atom stereocenters. The zero-order valence-corrected chi connectivity index (χ0v) is 25.6. The first kappa shape index (κ1) is 28.8. The average Bonchev–Trinajstić information content (AvgIpc) is 3.14. The van der Waals surface area contributed by atoms with E-state index in [4.69, 9.17) is 4.99 Å². The van der Waals surface area contributed by atoms with Crippen LogP contribution in [0.5, 0.6) is 0 Å². The summed E-state index contributed by atoms with van der Waals surface area (Å²) in [7, 11) is 0. The third-order valence-electron chi connectivity index (χ3n) is 8.18. The van der Waals surface area contributed by atoms with E-state index in [1.165, 1.54) is 11.4 Å². The Labute approximate surface area is 271 Å². The Balaban J connectivity index is 1.23.